The van der Waals surface area contributed by atoms with E-state index in [1.807, 2.05) is 42.5 Å². The molecule has 0 bridgehead atoms. The van der Waals surface area contributed by atoms with Crippen molar-refractivity contribution in [3.05, 3.63) is 95.1 Å². The second kappa shape index (κ2) is 11.0. The van der Waals surface area contributed by atoms with E-state index in [2.05, 4.69) is 27.7 Å². The molecule has 190 valence electrons. The third-order valence-electron chi connectivity index (χ3n) is 6.77. The number of anilines is 2. The lowest BCUT2D eigenvalue weighted by molar-refractivity contribution is -0.110. The predicted octanol–water partition coefficient (Wildman–Crippen LogP) is 4.75. The van der Waals surface area contributed by atoms with Gasteiger partial charge in [0, 0.05) is 30.9 Å². The lowest BCUT2D eigenvalue weighted by Gasteiger charge is -2.29. The zero-order valence-corrected chi connectivity index (χ0v) is 20.9. The maximum atomic E-state index is 13.2. The number of nitrogens with one attached hydrogen (secondary N) is 2. The molecule has 5 rings (SSSR count). The summed E-state index contributed by atoms with van der Waals surface area (Å²) < 4.78 is 5.11. The van der Waals surface area contributed by atoms with E-state index >= 15 is 0 Å². The van der Waals surface area contributed by atoms with E-state index in [9.17, 15) is 14.7 Å². The third-order valence-corrected chi connectivity index (χ3v) is 6.77. The van der Waals surface area contributed by atoms with Crippen LogP contribution in [0, 0.1) is 0 Å². The van der Waals surface area contributed by atoms with Gasteiger partial charge in [0.2, 0.25) is 0 Å². The molecule has 0 unspecified atom stereocenters. The van der Waals surface area contributed by atoms with Crippen molar-refractivity contribution in [2.24, 2.45) is 0 Å². The van der Waals surface area contributed by atoms with Gasteiger partial charge in [0.25, 0.3) is 5.91 Å². The summed E-state index contributed by atoms with van der Waals surface area (Å²) in [4.78, 5) is 27.7. The number of aliphatic hydroxyl groups is 1. The van der Waals surface area contributed by atoms with Crippen molar-refractivity contribution in [2.75, 3.05) is 30.3 Å². The van der Waals surface area contributed by atoms with Gasteiger partial charge in [0.05, 0.1) is 35.2 Å². The largest absolute Gasteiger partial charge is 0.462 e. The highest BCUT2D eigenvalue weighted by Gasteiger charge is 2.29. The number of hydrogen-bond donors (Lipinski definition) is 3. The summed E-state index contributed by atoms with van der Waals surface area (Å²) >= 11 is 0. The molecule has 1 fully saturated rings. The monoisotopic (exact) mass is 497 g/mol. The number of aliphatic hydroxyl groups excluding tert-OH is 1. The maximum absolute atomic E-state index is 13.2. The third kappa shape index (κ3) is 5.58. The molecule has 7 nitrogen and oxygen atoms in total. The molecule has 2 aliphatic heterocycles. The maximum Gasteiger partial charge on any atom is 0.338 e. The fraction of sp³-hybridized carbons (Fsp3) is 0.267. The number of esters is 1. The highest BCUT2D eigenvalue weighted by atomic mass is 16.5. The minimum absolute atomic E-state index is 0.179. The Balaban J connectivity index is 1.44. The number of piperidine rings is 1. The molecule has 3 aromatic carbocycles. The normalized spacial score (nSPS) is 17.2. The van der Waals surface area contributed by atoms with Crippen LogP contribution >= 0.6 is 0 Å². The molecule has 0 radical (unpaired) electrons. The number of rotatable bonds is 7. The van der Waals surface area contributed by atoms with E-state index in [0.717, 1.165) is 49.3 Å². The molecule has 3 aromatic rings. The van der Waals surface area contributed by atoms with Crippen molar-refractivity contribution in [3.8, 4) is 0 Å². The lowest BCUT2D eigenvalue weighted by atomic mass is 9.99. The zero-order chi connectivity index (χ0) is 25.8. The highest BCUT2D eigenvalue weighted by molar-refractivity contribution is 6.37. The molecule has 2 heterocycles. The van der Waals surface area contributed by atoms with Crippen molar-refractivity contribution in [2.45, 2.75) is 32.4 Å². The Hall–Kier alpha value is -3.94. The van der Waals surface area contributed by atoms with Crippen LogP contribution < -0.4 is 10.6 Å². The van der Waals surface area contributed by atoms with Gasteiger partial charge in [0.1, 0.15) is 0 Å². The number of carbonyl (C=O) groups is 2. The van der Waals surface area contributed by atoms with Gasteiger partial charge in [-0.3, -0.25) is 9.69 Å². The van der Waals surface area contributed by atoms with E-state index in [0.29, 0.717) is 22.5 Å². The molecule has 0 spiro atoms. The van der Waals surface area contributed by atoms with Crippen LogP contribution in [-0.4, -0.2) is 47.7 Å². The van der Waals surface area contributed by atoms with Crippen molar-refractivity contribution >= 4 is 34.5 Å². The molecule has 2 aliphatic rings. The van der Waals surface area contributed by atoms with Gasteiger partial charge in [-0.2, -0.15) is 0 Å². The second-order valence-electron chi connectivity index (χ2n) is 9.38. The fourth-order valence-electron chi connectivity index (χ4n) is 4.82. The Morgan fingerprint density at radius 1 is 1.03 bits per heavy atom. The van der Waals surface area contributed by atoms with Crippen LogP contribution in [0.2, 0.25) is 0 Å². The molecule has 7 heteroatoms. The summed E-state index contributed by atoms with van der Waals surface area (Å²) in [6.45, 7) is 4.69. The van der Waals surface area contributed by atoms with E-state index < -0.39 is 5.97 Å². The van der Waals surface area contributed by atoms with Crippen LogP contribution in [0.5, 0.6) is 0 Å². The summed E-state index contributed by atoms with van der Waals surface area (Å²) in [6.07, 6.45) is 1.46. The molecule has 0 aromatic heterocycles. The van der Waals surface area contributed by atoms with Gasteiger partial charge in [-0.1, -0.05) is 48.5 Å². The Bertz CT molecular complexity index is 1310. The first-order chi connectivity index (χ1) is 18.0. The van der Waals surface area contributed by atoms with Crippen LogP contribution in [0.1, 0.15) is 46.8 Å². The van der Waals surface area contributed by atoms with Crippen LogP contribution in [0.3, 0.4) is 0 Å². The number of ether oxygens (including phenoxy) is 1. The first kappa shape index (κ1) is 24.7. The Morgan fingerprint density at radius 3 is 2.46 bits per heavy atom. The van der Waals surface area contributed by atoms with Crippen LogP contribution in [-0.2, 0) is 16.1 Å². The molecule has 0 saturated carbocycles. The number of amides is 1. The fourth-order valence-corrected chi connectivity index (χ4v) is 4.82. The summed E-state index contributed by atoms with van der Waals surface area (Å²) in [5, 5.41) is 16.1. The number of benzene rings is 3. The van der Waals surface area contributed by atoms with E-state index in [4.69, 9.17) is 4.74 Å². The number of fused-ring (bicyclic) bond motifs is 1. The van der Waals surface area contributed by atoms with E-state index in [1.165, 1.54) is 5.56 Å². The molecule has 3 N–H and O–H groups in total. The Kier molecular flexibility index (Phi) is 7.35. The van der Waals surface area contributed by atoms with Crippen molar-refractivity contribution in [1.29, 1.82) is 0 Å². The average molecular weight is 498 g/mol. The minimum atomic E-state index is -0.417. The van der Waals surface area contributed by atoms with Gasteiger partial charge in [-0.05, 0) is 55.2 Å². The van der Waals surface area contributed by atoms with Gasteiger partial charge in [-0.25, -0.2) is 4.79 Å². The smallest absolute Gasteiger partial charge is 0.338 e. The molecular weight excluding hydrogens is 466 g/mol. The van der Waals surface area contributed by atoms with Crippen LogP contribution in [0.4, 0.5) is 11.4 Å². The number of likely N-dealkylation sites (tertiary alicyclic amines) is 1. The minimum Gasteiger partial charge on any atom is -0.462 e. The van der Waals surface area contributed by atoms with Crippen molar-refractivity contribution < 1.29 is 19.4 Å². The molecule has 1 amide bonds. The first-order valence-electron chi connectivity index (χ1n) is 12.7. The molecule has 1 saturated heterocycles. The highest BCUT2D eigenvalue weighted by Crippen LogP contribution is 2.38. The van der Waals surface area contributed by atoms with Gasteiger partial charge in [0.15, 0.2) is 0 Å². The standard InChI is InChI=1S/C30H31N3O4/c1-2-37-30(36)22-10-13-25-26(18-22)32-29(35)27(25)28(21-6-4-3-5-7-21)31-23-11-8-20(9-12-23)19-33-16-14-24(34)15-17-33/h3-13,18,24,31,34H,2,14-17,19H2,1H3,(H,32,35). The Morgan fingerprint density at radius 2 is 1.76 bits per heavy atom. The SMILES string of the molecule is CCOC(=O)c1ccc2c(c1)NC(=O)C2=C(Nc1ccc(CN2CCC(O)CC2)cc1)c1ccccc1. The van der Waals surface area contributed by atoms with E-state index in [1.54, 1.807) is 25.1 Å². The summed E-state index contributed by atoms with van der Waals surface area (Å²) in [5.41, 5.74) is 5.88. The average Bonchev–Trinajstić information content (AvgIpc) is 3.25. The van der Waals surface area contributed by atoms with Gasteiger partial charge >= 0.3 is 5.97 Å². The van der Waals surface area contributed by atoms with Crippen molar-refractivity contribution in [1.82, 2.24) is 4.90 Å². The van der Waals surface area contributed by atoms with E-state index in [-0.39, 0.29) is 18.6 Å². The van der Waals surface area contributed by atoms with Gasteiger partial charge < -0.3 is 20.5 Å². The number of carbonyl (C=O) groups excluding carboxylic acids is 2. The van der Waals surface area contributed by atoms with Gasteiger partial charge in [-0.15, -0.1) is 0 Å². The second-order valence-corrected chi connectivity index (χ2v) is 9.38. The summed E-state index contributed by atoms with van der Waals surface area (Å²) in [7, 11) is 0. The quantitative estimate of drug-likeness (QED) is 0.322. The molecule has 0 atom stereocenters. The molecule has 37 heavy (non-hydrogen) atoms. The van der Waals surface area contributed by atoms with Crippen LogP contribution in [0.15, 0.2) is 72.8 Å². The Labute approximate surface area is 216 Å². The molecular formula is C30H31N3O4. The first-order valence-corrected chi connectivity index (χ1v) is 12.7. The summed E-state index contributed by atoms with van der Waals surface area (Å²) in [6, 6.07) is 23.1. The number of hydrogen-bond acceptors (Lipinski definition) is 6. The summed E-state index contributed by atoms with van der Waals surface area (Å²) in [5.74, 6) is -0.648. The topological polar surface area (TPSA) is 90.9 Å². The van der Waals surface area contributed by atoms with Crippen LogP contribution in [0.25, 0.3) is 11.3 Å². The number of nitrogens with zero attached hydrogens (tertiary/aromatic N) is 1. The predicted molar refractivity (Wildman–Crippen MR) is 145 cm³/mol. The van der Waals surface area contributed by atoms with Crippen molar-refractivity contribution in [3.63, 3.8) is 0 Å². The molecule has 0 aliphatic carbocycles. The lowest BCUT2D eigenvalue weighted by Crippen LogP contribution is -2.35. The zero-order valence-electron chi connectivity index (χ0n) is 20.9.